The highest BCUT2D eigenvalue weighted by Crippen LogP contribution is 2.67. The van der Waals surface area contributed by atoms with Crippen LogP contribution in [0.4, 0.5) is 0 Å². The van der Waals surface area contributed by atoms with Crippen LogP contribution in [-0.4, -0.2) is 26.1 Å². The van der Waals surface area contributed by atoms with E-state index < -0.39 is 0 Å². The van der Waals surface area contributed by atoms with Gasteiger partial charge in [-0.15, -0.1) is 0 Å². The molecule has 5 aliphatic rings. The van der Waals surface area contributed by atoms with Crippen molar-refractivity contribution in [2.45, 2.75) is 70.5 Å². The molecule has 1 saturated heterocycles. The molecule has 1 heterocycles. The van der Waals surface area contributed by atoms with Crippen LogP contribution in [0.5, 0.6) is 0 Å². The average Bonchev–Trinajstić information content (AvgIpc) is 3.27. The first kappa shape index (κ1) is 16.4. The van der Waals surface area contributed by atoms with E-state index in [0.29, 0.717) is 0 Å². The van der Waals surface area contributed by atoms with Crippen molar-refractivity contribution in [3.63, 3.8) is 0 Å². The normalized spacial score (nSPS) is 42.0. The highest BCUT2D eigenvalue weighted by Gasteiger charge is 2.66. The van der Waals surface area contributed by atoms with E-state index in [4.69, 9.17) is 14.2 Å². The van der Waals surface area contributed by atoms with Gasteiger partial charge in [0.15, 0.2) is 5.79 Å². The van der Waals surface area contributed by atoms with Crippen LogP contribution in [0, 0.1) is 23.2 Å². The minimum absolute atomic E-state index is 0.248. The van der Waals surface area contributed by atoms with Crippen molar-refractivity contribution in [2.75, 3.05) is 20.3 Å². The van der Waals surface area contributed by atoms with Crippen molar-refractivity contribution in [3.8, 4) is 0 Å². The molecular weight excluding hydrogens is 312 g/mol. The van der Waals surface area contributed by atoms with Gasteiger partial charge in [0.1, 0.15) is 0 Å². The van der Waals surface area contributed by atoms with Gasteiger partial charge in [-0.3, -0.25) is 0 Å². The number of rotatable bonds is 2. The molecule has 0 unspecified atom stereocenters. The zero-order valence-electron chi connectivity index (χ0n) is 15.8. The standard InChI is InChI=1S/C22H32O3/c1-3-21-10-8-18-17-7-5-16(23-2)14-15(17)4-6-19(18)20(21)9-11-22(21)24-12-13-25-22/h5,18-20H,3-4,6-14H2,1-2H3/t18-,19-,20+,21+/m1/s1. The molecule has 3 fully saturated rings. The van der Waals surface area contributed by atoms with Crippen LogP contribution >= 0.6 is 0 Å². The number of allylic oxidation sites excluding steroid dienone is 3. The van der Waals surface area contributed by atoms with Gasteiger partial charge >= 0.3 is 0 Å². The first-order chi connectivity index (χ1) is 12.2. The third-order valence-corrected chi connectivity index (χ3v) is 8.45. The van der Waals surface area contributed by atoms with Crippen LogP contribution in [0.2, 0.25) is 0 Å². The van der Waals surface area contributed by atoms with Gasteiger partial charge in [-0.05, 0) is 68.8 Å². The molecule has 0 amide bonds. The Kier molecular flexibility index (Phi) is 3.83. The summed E-state index contributed by atoms with van der Waals surface area (Å²) < 4.78 is 18.2. The predicted octanol–water partition coefficient (Wildman–Crippen LogP) is 4.98. The molecule has 138 valence electrons. The Morgan fingerprint density at radius 3 is 2.76 bits per heavy atom. The number of methoxy groups -OCH3 is 1. The van der Waals surface area contributed by atoms with Crippen LogP contribution in [0.25, 0.3) is 0 Å². The van der Waals surface area contributed by atoms with Crippen LogP contribution in [0.1, 0.15) is 64.7 Å². The second-order valence-electron chi connectivity index (χ2n) is 8.84. The Balaban J connectivity index is 1.45. The van der Waals surface area contributed by atoms with Crippen LogP contribution in [0.15, 0.2) is 23.0 Å². The largest absolute Gasteiger partial charge is 0.501 e. The Morgan fingerprint density at radius 2 is 2.00 bits per heavy atom. The van der Waals surface area contributed by atoms with Crippen molar-refractivity contribution in [1.82, 2.24) is 0 Å². The second-order valence-corrected chi connectivity index (χ2v) is 8.84. The summed E-state index contributed by atoms with van der Waals surface area (Å²) in [5.41, 5.74) is 3.74. The Labute approximate surface area is 151 Å². The summed E-state index contributed by atoms with van der Waals surface area (Å²) in [4.78, 5) is 0. The lowest BCUT2D eigenvalue weighted by Crippen LogP contribution is -2.53. The molecule has 5 rings (SSSR count). The lowest BCUT2D eigenvalue weighted by molar-refractivity contribution is -0.246. The van der Waals surface area contributed by atoms with Gasteiger partial charge in [0.25, 0.3) is 0 Å². The molecule has 1 spiro atoms. The number of ether oxygens (including phenoxy) is 3. The van der Waals surface area contributed by atoms with E-state index in [-0.39, 0.29) is 11.2 Å². The van der Waals surface area contributed by atoms with Crippen molar-refractivity contribution in [3.05, 3.63) is 23.0 Å². The summed E-state index contributed by atoms with van der Waals surface area (Å²) in [5.74, 6) is 3.37. The number of fused-ring (bicyclic) bond motifs is 5. The van der Waals surface area contributed by atoms with E-state index in [0.717, 1.165) is 50.2 Å². The fraction of sp³-hybridized carbons (Fsp3) is 0.818. The zero-order valence-corrected chi connectivity index (χ0v) is 15.8. The van der Waals surface area contributed by atoms with E-state index in [1.807, 2.05) is 7.11 Å². The topological polar surface area (TPSA) is 27.7 Å². The van der Waals surface area contributed by atoms with Gasteiger partial charge in [-0.2, -0.15) is 0 Å². The van der Waals surface area contributed by atoms with E-state index in [1.165, 1.54) is 44.3 Å². The maximum atomic E-state index is 6.32. The SMILES string of the molecule is CC[C@]12CC[C@@H]3C4=C(CC[C@H]3[C@@H]1CCC21OCCO1)CC(OC)=CC4. The molecule has 3 heteroatoms. The smallest absolute Gasteiger partial charge is 0.174 e. The minimum Gasteiger partial charge on any atom is -0.501 e. The monoisotopic (exact) mass is 344 g/mol. The van der Waals surface area contributed by atoms with Gasteiger partial charge in [0.05, 0.1) is 26.1 Å². The highest BCUT2D eigenvalue weighted by molar-refractivity contribution is 5.33. The second kappa shape index (κ2) is 5.85. The molecule has 0 N–H and O–H groups in total. The van der Waals surface area contributed by atoms with Crippen LogP contribution < -0.4 is 0 Å². The number of hydrogen-bond donors (Lipinski definition) is 0. The summed E-state index contributed by atoms with van der Waals surface area (Å²) in [5, 5.41) is 0. The van der Waals surface area contributed by atoms with E-state index in [9.17, 15) is 0 Å². The first-order valence-corrected chi connectivity index (χ1v) is 10.4. The summed E-state index contributed by atoms with van der Waals surface area (Å²) in [7, 11) is 1.82. The molecular formula is C22H32O3. The summed E-state index contributed by atoms with van der Waals surface area (Å²) in [6, 6.07) is 0. The van der Waals surface area contributed by atoms with Crippen molar-refractivity contribution >= 4 is 0 Å². The van der Waals surface area contributed by atoms with Crippen molar-refractivity contribution < 1.29 is 14.2 Å². The summed E-state index contributed by atoms with van der Waals surface area (Å²) in [6.07, 6.45) is 13.4. The Morgan fingerprint density at radius 1 is 1.16 bits per heavy atom. The lowest BCUT2D eigenvalue weighted by atomic mass is 9.52. The summed E-state index contributed by atoms with van der Waals surface area (Å²) in [6.45, 7) is 3.97. The third-order valence-electron chi connectivity index (χ3n) is 8.45. The van der Waals surface area contributed by atoms with Gasteiger partial charge in [-0.1, -0.05) is 18.1 Å². The Bertz CT molecular complexity index is 613. The van der Waals surface area contributed by atoms with E-state index in [1.54, 1.807) is 11.1 Å². The zero-order chi connectivity index (χ0) is 17.1. The van der Waals surface area contributed by atoms with Crippen LogP contribution in [-0.2, 0) is 14.2 Å². The fourth-order valence-corrected chi connectivity index (χ4v) is 7.41. The number of hydrogen-bond acceptors (Lipinski definition) is 3. The Hall–Kier alpha value is -0.800. The molecule has 0 aromatic rings. The third kappa shape index (κ3) is 2.12. The van der Waals surface area contributed by atoms with E-state index in [2.05, 4.69) is 13.0 Å². The van der Waals surface area contributed by atoms with Gasteiger partial charge < -0.3 is 14.2 Å². The van der Waals surface area contributed by atoms with E-state index >= 15 is 0 Å². The molecule has 0 aromatic carbocycles. The van der Waals surface area contributed by atoms with Gasteiger partial charge in [-0.25, -0.2) is 0 Å². The predicted molar refractivity (Wildman–Crippen MR) is 96.9 cm³/mol. The first-order valence-electron chi connectivity index (χ1n) is 10.4. The molecule has 25 heavy (non-hydrogen) atoms. The molecule has 0 bridgehead atoms. The molecule has 2 saturated carbocycles. The molecule has 1 aliphatic heterocycles. The van der Waals surface area contributed by atoms with Crippen LogP contribution in [0.3, 0.4) is 0 Å². The minimum atomic E-state index is -0.248. The maximum absolute atomic E-state index is 6.32. The average molecular weight is 344 g/mol. The molecule has 4 aliphatic carbocycles. The fourth-order valence-electron chi connectivity index (χ4n) is 7.41. The van der Waals surface area contributed by atoms with Crippen molar-refractivity contribution in [1.29, 1.82) is 0 Å². The van der Waals surface area contributed by atoms with Gasteiger partial charge in [0, 0.05) is 18.3 Å². The van der Waals surface area contributed by atoms with Gasteiger partial charge in [0.2, 0.25) is 0 Å². The molecule has 4 atom stereocenters. The quantitative estimate of drug-likeness (QED) is 0.662. The molecule has 0 radical (unpaired) electrons. The highest BCUT2D eigenvalue weighted by atomic mass is 16.7. The van der Waals surface area contributed by atoms with Crippen molar-refractivity contribution in [2.24, 2.45) is 23.2 Å². The summed E-state index contributed by atoms with van der Waals surface area (Å²) >= 11 is 0. The lowest BCUT2D eigenvalue weighted by Gasteiger charge is -2.55. The molecule has 0 aromatic heterocycles. The molecule has 3 nitrogen and oxygen atoms in total. The maximum Gasteiger partial charge on any atom is 0.174 e.